The fourth-order valence-corrected chi connectivity index (χ4v) is 21.8. The number of ether oxygens (including phenoxy) is 9. The molecule has 0 aliphatic carbocycles. The summed E-state index contributed by atoms with van der Waals surface area (Å²) in [5.41, 5.74) is 10.4. The van der Waals surface area contributed by atoms with E-state index in [1.54, 1.807) is 72.8 Å². The van der Waals surface area contributed by atoms with E-state index in [2.05, 4.69) is 40.1 Å². The van der Waals surface area contributed by atoms with Crippen LogP contribution in [0.3, 0.4) is 0 Å². The molecule has 0 bridgehead atoms. The van der Waals surface area contributed by atoms with Crippen LogP contribution in [-0.4, -0.2) is 255 Å². The van der Waals surface area contributed by atoms with Gasteiger partial charge in [0.25, 0.3) is 0 Å². The third kappa shape index (κ3) is 34.3. The molecule has 26 nitrogen and oxygen atoms in total. The highest BCUT2D eigenvalue weighted by atomic mass is 35.5. The Labute approximate surface area is 818 Å². The van der Waals surface area contributed by atoms with E-state index in [4.69, 9.17) is 124 Å². The third-order valence-corrected chi connectivity index (χ3v) is 30.1. The van der Waals surface area contributed by atoms with E-state index < -0.39 is 35.4 Å². The molecule has 133 heavy (non-hydrogen) atoms. The monoisotopic (exact) mass is 2030 g/mol. The van der Waals surface area contributed by atoms with Crippen molar-refractivity contribution >= 4 is 129 Å². The van der Waals surface area contributed by atoms with Crippen molar-refractivity contribution in [3.63, 3.8) is 0 Å². The molecule has 0 saturated carbocycles. The van der Waals surface area contributed by atoms with Crippen LogP contribution in [0.4, 0.5) is 0 Å². The number of Topliss-reactive ketones (excluding diaryl/α,β-unsaturated/α-hetero) is 1. The molecule has 0 fully saturated rings. The van der Waals surface area contributed by atoms with Crippen molar-refractivity contribution in [2.24, 2.45) is 0 Å². The quantitative estimate of drug-likeness (QED) is 0.0221. The maximum atomic E-state index is 13.9. The fourth-order valence-electron chi connectivity index (χ4n) is 16.5. The van der Waals surface area contributed by atoms with Gasteiger partial charge in [-0.15, -0.1) is 0 Å². The summed E-state index contributed by atoms with van der Waals surface area (Å²) in [6.07, 6.45) is 2.12. The number of sulfone groups is 1. The Bertz CT molecular complexity index is 5020. The Morgan fingerprint density at radius 3 is 1.11 bits per heavy atom. The van der Waals surface area contributed by atoms with E-state index in [0.717, 1.165) is 66.8 Å². The van der Waals surface area contributed by atoms with Crippen molar-refractivity contribution in [1.82, 2.24) is 40.1 Å². The molecule has 11 rings (SSSR count). The van der Waals surface area contributed by atoms with E-state index in [9.17, 15) is 39.6 Å². The summed E-state index contributed by atoms with van der Waals surface area (Å²) in [5.74, 6) is -0.955. The summed E-state index contributed by atoms with van der Waals surface area (Å²) in [7, 11) is -5.34. The zero-order valence-corrected chi connectivity index (χ0v) is 83.1. The van der Waals surface area contributed by atoms with Crippen LogP contribution in [0, 0.1) is 0 Å². The van der Waals surface area contributed by atoms with E-state index in [1.165, 1.54) is 0 Å². The second-order valence-electron chi connectivity index (χ2n) is 33.5. The number of benzene rings is 8. The minimum absolute atomic E-state index is 0.0100. The van der Waals surface area contributed by atoms with Gasteiger partial charge >= 0.3 is 0 Å². The third-order valence-electron chi connectivity index (χ3n) is 23.5. The number of fused-ring (bicyclic) bond motifs is 3. The number of nitrogens with zero attached hydrogens (tertiary/aromatic N) is 3. The van der Waals surface area contributed by atoms with Gasteiger partial charge in [0.2, 0.25) is 31.9 Å². The van der Waals surface area contributed by atoms with Crippen LogP contribution in [0.15, 0.2) is 172 Å². The van der Waals surface area contributed by atoms with Crippen LogP contribution in [0.25, 0.3) is 11.1 Å². The molecule has 36 heteroatoms. The number of halogens is 7. The predicted molar refractivity (Wildman–Crippen MR) is 522 cm³/mol. The molecule has 8 aromatic carbocycles. The van der Waals surface area contributed by atoms with Gasteiger partial charge in [-0.05, 0) is 205 Å². The Morgan fingerprint density at radius 2 is 0.707 bits per heavy atom. The van der Waals surface area contributed by atoms with Gasteiger partial charge in [0, 0.05) is 169 Å². The summed E-state index contributed by atoms with van der Waals surface area (Å²) in [6, 6.07) is 47.4. The fraction of sp³-hybridized carbons (Fsp3) is 0.474. The van der Waals surface area contributed by atoms with Crippen LogP contribution in [0.2, 0.25) is 35.2 Å². The lowest BCUT2D eigenvalue weighted by Gasteiger charge is -2.35. The molecule has 3 aliphatic rings. The van der Waals surface area contributed by atoms with E-state index in [1.807, 2.05) is 106 Å². The molecule has 0 unspecified atom stereocenters. The summed E-state index contributed by atoms with van der Waals surface area (Å²) < 4.78 is 138. The minimum Gasteiger partial charge on any atom is -0.379 e. The average molecular weight is 2030 g/mol. The molecule has 0 radical (unpaired) electrons. The van der Waals surface area contributed by atoms with E-state index in [-0.39, 0.29) is 233 Å². The summed E-state index contributed by atoms with van der Waals surface area (Å²) in [5, 5.41) is 13.6. The first-order chi connectivity index (χ1) is 64.0. The molecule has 0 spiro atoms. The Kier molecular flexibility index (Phi) is 43.7. The van der Waals surface area contributed by atoms with Crippen LogP contribution < -0.4 is 25.4 Å². The standard InChI is InChI=1S/C97H121Cl7N8O18S3/c1-110-63-86(83-56-76(99)59-92(102)89(83)66-110)72-9-4-13-80(53-72)131(116,117)52-8-35-123-41-47-128-46-40-122-34-7-12-79(113)24-27-97(107-62-69-16-18-70(19-17-69)71-20-22-75(98)23-21-71,28-25-95(114)105-30-36-124-42-48-129-50-44-126-38-32-108-132(118,119)81-14-5-10-73(54-81)87-64-111(2)67-90-84(87)57-77(100)60-93(90)103)29-26-96(115)106-31-37-125-43-49-130-51-45-127-39-33-109-133(120,121)82-15-6-11-74(55-82)88-65-112(3)68-91-85(88)58-78(101)61-94(91)104/h4-6,9-11,13-23,53-61,86-88,107-109H,7-8,12,24-52,62-68H2,1-3H3,(H,105,114)(H,106,115)/t86-,87-,88-/m0/s1. The van der Waals surface area contributed by atoms with Crippen molar-refractivity contribution in [3.05, 3.63) is 249 Å². The molecule has 3 aliphatic heterocycles. The van der Waals surface area contributed by atoms with Crippen LogP contribution in [0.5, 0.6) is 0 Å². The molecule has 3 atom stereocenters. The second kappa shape index (κ2) is 54.3. The topological polar surface area (TPSA) is 307 Å². The lowest BCUT2D eigenvalue weighted by atomic mass is 9.82. The van der Waals surface area contributed by atoms with Gasteiger partial charge in [-0.2, -0.15) is 0 Å². The summed E-state index contributed by atoms with van der Waals surface area (Å²) in [6.45, 7) is 8.98. The normalized spacial score (nSPS) is 15.7. The lowest BCUT2D eigenvalue weighted by Crippen LogP contribution is -2.47. The number of rotatable bonds is 59. The second-order valence-corrected chi connectivity index (χ2v) is 42.1. The van der Waals surface area contributed by atoms with Gasteiger partial charge in [-0.25, -0.2) is 34.7 Å². The number of amides is 2. The molecule has 0 aromatic heterocycles. The van der Waals surface area contributed by atoms with Crippen molar-refractivity contribution in [2.45, 2.75) is 122 Å². The predicted octanol–water partition coefficient (Wildman–Crippen LogP) is 15.4. The molecule has 3 heterocycles. The SMILES string of the molecule is CN1Cc2c(Cl)cc(Cl)cc2[C@H](c2cccc(S(=O)(=O)CCCOCCOCCOCCCC(=O)CCC(CCC(=O)NCCOCCOCCOCCNS(=O)(=O)c3cccc([C@@H]4CN(C)Cc5c(Cl)cc(Cl)cc54)c3)(CCC(=O)NCCOCCOCCOCCNS(=O)(=O)c3cccc([C@@H]4CN(C)Cc5c(Cl)cc(Cl)cc54)c3)NCc3ccc(-c4ccc(Cl)cc4)cc3)c2)C1. The Hall–Kier alpha value is -6.35. The van der Waals surface area contributed by atoms with Gasteiger partial charge < -0.3 is 73.3 Å². The number of ketones is 1. The molecular formula is C97H121Cl7N8O18S3. The van der Waals surface area contributed by atoms with E-state index >= 15 is 0 Å². The first-order valence-electron chi connectivity index (χ1n) is 44.9. The maximum absolute atomic E-state index is 13.9. The lowest BCUT2D eigenvalue weighted by molar-refractivity contribution is -0.121. The molecule has 0 saturated heterocycles. The number of likely N-dealkylation sites (N-methyl/N-ethyl adjacent to an activating group) is 3. The Balaban J connectivity index is 0.603. The van der Waals surface area contributed by atoms with Crippen molar-refractivity contribution < 1.29 is 82.3 Å². The number of hydrogen-bond donors (Lipinski definition) is 5. The average Bonchev–Trinajstić information content (AvgIpc) is 0.778. The van der Waals surface area contributed by atoms with E-state index in [0.29, 0.717) is 107 Å². The van der Waals surface area contributed by atoms with Crippen LogP contribution in [-0.2, 0) is 113 Å². The zero-order chi connectivity index (χ0) is 94.8. The largest absolute Gasteiger partial charge is 0.379 e. The maximum Gasteiger partial charge on any atom is 0.240 e. The highest BCUT2D eigenvalue weighted by Gasteiger charge is 2.35. The molecule has 724 valence electrons. The summed E-state index contributed by atoms with van der Waals surface area (Å²) >= 11 is 45.3. The van der Waals surface area contributed by atoms with Gasteiger partial charge in [-0.1, -0.05) is 154 Å². The highest BCUT2D eigenvalue weighted by molar-refractivity contribution is 7.91. The molecule has 8 aromatic rings. The number of nitrogens with one attached hydrogen (secondary N) is 5. The van der Waals surface area contributed by atoms with Gasteiger partial charge in [0.1, 0.15) is 5.78 Å². The van der Waals surface area contributed by atoms with Crippen molar-refractivity contribution in [2.75, 3.05) is 192 Å². The van der Waals surface area contributed by atoms with Gasteiger partial charge in [0.15, 0.2) is 9.84 Å². The first kappa shape index (κ1) is 107. The number of hydrogen-bond acceptors (Lipinski definition) is 22. The highest BCUT2D eigenvalue weighted by Crippen LogP contribution is 2.43. The van der Waals surface area contributed by atoms with Crippen LogP contribution >= 0.6 is 81.2 Å². The smallest absolute Gasteiger partial charge is 0.240 e. The number of carbonyl (C=O) groups excluding carboxylic acids is 3. The summed E-state index contributed by atoms with van der Waals surface area (Å²) in [4.78, 5) is 48.6. The van der Waals surface area contributed by atoms with Crippen LogP contribution in [0.1, 0.15) is 131 Å². The first-order valence-corrected chi connectivity index (χ1v) is 52.1. The molecule has 5 N–H and O–H groups in total. The van der Waals surface area contributed by atoms with Crippen molar-refractivity contribution in [3.8, 4) is 11.1 Å². The Morgan fingerprint density at radius 1 is 0.368 bits per heavy atom. The number of carbonyl (C=O) groups is 3. The molecule has 2 amide bonds. The van der Waals surface area contributed by atoms with Gasteiger partial charge in [0.05, 0.1) is 126 Å². The van der Waals surface area contributed by atoms with Gasteiger partial charge in [-0.3, -0.25) is 14.4 Å². The number of sulfonamides is 2. The minimum atomic E-state index is -3.87. The molecular weight excluding hydrogens is 1910 g/mol. The van der Waals surface area contributed by atoms with Crippen molar-refractivity contribution in [1.29, 1.82) is 0 Å². The zero-order valence-electron chi connectivity index (χ0n) is 75.4.